The van der Waals surface area contributed by atoms with Crippen molar-refractivity contribution in [3.63, 3.8) is 0 Å². The topological polar surface area (TPSA) is 43.0 Å². The monoisotopic (exact) mass is 406 g/mol. The highest BCUT2D eigenvalue weighted by Crippen LogP contribution is 2.14. The molecule has 0 aromatic heterocycles. The molecule has 0 heterocycles. The van der Waals surface area contributed by atoms with E-state index < -0.39 is 8.80 Å². The maximum absolute atomic E-state index is 5.41. The SMILES string of the molecule is C=CN(CCNCCC[Si](OC)(OC)OC)Cc1ccccc1.Cl.[SiH4]. The number of nitrogens with zero attached hydrogens (tertiary/aromatic N) is 1. The normalized spacial score (nSPS) is 10.5. The van der Waals surface area contributed by atoms with E-state index in [1.807, 2.05) is 12.3 Å². The maximum atomic E-state index is 5.41. The van der Waals surface area contributed by atoms with E-state index in [-0.39, 0.29) is 23.4 Å². The van der Waals surface area contributed by atoms with Crippen molar-refractivity contribution < 1.29 is 13.3 Å². The van der Waals surface area contributed by atoms with Crippen molar-refractivity contribution in [2.45, 2.75) is 19.0 Å². The van der Waals surface area contributed by atoms with Gasteiger partial charge in [0.1, 0.15) is 0 Å². The first-order chi connectivity index (χ1) is 11.2. The first kappa shape index (κ1) is 26.6. The molecule has 1 aromatic rings. The van der Waals surface area contributed by atoms with Gasteiger partial charge < -0.3 is 23.5 Å². The van der Waals surface area contributed by atoms with Gasteiger partial charge in [0.15, 0.2) is 0 Å². The van der Waals surface area contributed by atoms with Gasteiger partial charge in [-0.25, -0.2) is 0 Å². The number of hydrogen-bond acceptors (Lipinski definition) is 5. The summed E-state index contributed by atoms with van der Waals surface area (Å²) in [4.78, 5) is 2.21. The Labute approximate surface area is 164 Å². The van der Waals surface area contributed by atoms with Crippen LogP contribution >= 0.6 is 12.4 Å². The van der Waals surface area contributed by atoms with Crippen LogP contribution in [-0.2, 0) is 19.8 Å². The van der Waals surface area contributed by atoms with Gasteiger partial charge >= 0.3 is 8.80 Å². The number of hydrogen-bond donors (Lipinski definition) is 1. The van der Waals surface area contributed by atoms with Crippen LogP contribution in [-0.4, -0.2) is 65.6 Å². The van der Waals surface area contributed by atoms with E-state index in [0.717, 1.165) is 38.6 Å². The first-order valence-corrected chi connectivity index (χ1v) is 9.89. The molecule has 0 radical (unpaired) electrons. The largest absolute Gasteiger partial charge is 0.500 e. The molecule has 0 saturated heterocycles. The Morgan fingerprint density at radius 3 is 2.20 bits per heavy atom. The smallest absolute Gasteiger partial charge is 0.377 e. The lowest BCUT2D eigenvalue weighted by Crippen LogP contribution is -2.43. The quantitative estimate of drug-likeness (QED) is 0.397. The van der Waals surface area contributed by atoms with Crippen molar-refractivity contribution in [1.82, 2.24) is 10.2 Å². The molecule has 1 N–H and O–H groups in total. The molecule has 0 unspecified atom stereocenters. The molecule has 8 heteroatoms. The molecule has 1 aromatic carbocycles. The Morgan fingerprint density at radius 1 is 1.08 bits per heavy atom. The van der Waals surface area contributed by atoms with E-state index in [2.05, 4.69) is 41.1 Å². The number of benzene rings is 1. The van der Waals surface area contributed by atoms with Crippen LogP contribution in [0, 0.1) is 0 Å². The molecule has 146 valence electrons. The zero-order chi connectivity index (χ0) is 17.0. The second-order valence-corrected chi connectivity index (χ2v) is 8.38. The van der Waals surface area contributed by atoms with Gasteiger partial charge in [0.25, 0.3) is 0 Å². The minimum atomic E-state index is -2.42. The van der Waals surface area contributed by atoms with E-state index in [4.69, 9.17) is 13.3 Å². The third kappa shape index (κ3) is 10.2. The minimum absolute atomic E-state index is 0. The molecule has 0 spiro atoms. The summed E-state index contributed by atoms with van der Waals surface area (Å²) < 4.78 is 16.2. The van der Waals surface area contributed by atoms with Crippen molar-refractivity contribution in [1.29, 1.82) is 0 Å². The lowest BCUT2D eigenvalue weighted by Gasteiger charge is -2.24. The summed E-state index contributed by atoms with van der Waals surface area (Å²) in [5.74, 6) is 0. The third-order valence-electron chi connectivity index (χ3n) is 3.83. The molecule has 0 amide bonds. The average molecular weight is 407 g/mol. The van der Waals surface area contributed by atoms with Crippen molar-refractivity contribution in [2.24, 2.45) is 0 Å². The number of rotatable bonds is 13. The molecule has 5 nitrogen and oxygen atoms in total. The molecule has 1 rings (SSSR count). The van der Waals surface area contributed by atoms with Gasteiger partial charge in [-0.3, -0.25) is 0 Å². The van der Waals surface area contributed by atoms with Gasteiger partial charge in [-0.05, 0) is 35.7 Å². The summed E-state index contributed by atoms with van der Waals surface area (Å²) in [5, 5.41) is 3.45. The van der Waals surface area contributed by atoms with Gasteiger partial charge in [0.2, 0.25) is 0 Å². The van der Waals surface area contributed by atoms with Crippen LogP contribution in [0.15, 0.2) is 43.1 Å². The fraction of sp³-hybridized carbons (Fsp3) is 0.529. The molecule has 0 bridgehead atoms. The van der Waals surface area contributed by atoms with Gasteiger partial charge in [-0.15, -0.1) is 12.4 Å². The summed E-state index contributed by atoms with van der Waals surface area (Å²) in [6.07, 6.45) is 2.86. The summed E-state index contributed by atoms with van der Waals surface area (Å²) in [5.41, 5.74) is 1.29. The van der Waals surface area contributed by atoms with E-state index in [0.29, 0.717) is 0 Å². The molecular weight excluding hydrogens is 372 g/mol. The van der Waals surface area contributed by atoms with Crippen LogP contribution < -0.4 is 5.32 Å². The molecule has 25 heavy (non-hydrogen) atoms. The summed E-state index contributed by atoms with van der Waals surface area (Å²) in [6.45, 7) is 7.55. The third-order valence-corrected chi connectivity index (χ3v) is 6.66. The van der Waals surface area contributed by atoms with Crippen LogP contribution in [0.3, 0.4) is 0 Å². The van der Waals surface area contributed by atoms with Gasteiger partial charge in [-0.1, -0.05) is 36.9 Å². The Hall–Kier alpha value is -0.676. The fourth-order valence-corrected chi connectivity index (χ4v) is 4.11. The standard InChI is InChI=1S/C17H30N2O3Si.ClH.H4Si/c1-5-19(16-17-10-7-6-8-11-17)14-13-18-12-9-15-23(20-2,21-3)22-4;;/h5-8,10-11,18H,1,9,12-16H2,2-4H3;1H;1H4. The number of nitrogens with one attached hydrogen (secondary N) is 1. The Morgan fingerprint density at radius 2 is 1.68 bits per heavy atom. The zero-order valence-electron chi connectivity index (χ0n) is 15.0. The Kier molecular flexibility index (Phi) is 16.5. The predicted octanol–water partition coefficient (Wildman–Crippen LogP) is 1.46. The molecule has 0 atom stereocenters. The van der Waals surface area contributed by atoms with Crippen LogP contribution in [0.1, 0.15) is 12.0 Å². The van der Waals surface area contributed by atoms with Crippen LogP contribution in [0.2, 0.25) is 6.04 Å². The van der Waals surface area contributed by atoms with E-state index >= 15 is 0 Å². The second-order valence-electron chi connectivity index (χ2n) is 5.29. The second kappa shape index (κ2) is 15.6. The molecule has 0 fully saturated rings. The van der Waals surface area contributed by atoms with Crippen LogP contribution in [0.4, 0.5) is 0 Å². The van der Waals surface area contributed by atoms with E-state index in [1.165, 1.54) is 5.56 Å². The highest BCUT2D eigenvalue weighted by molar-refractivity contribution is 6.60. The molecule has 0 aliphatic rings. The van der Waals surface area contributed by atoms with Crippen LogP contribution in [0.5, 0.6) is 0 Å². The first-order valence-electron chi connectivity index (χ1n) is 7.96. The molecule has 0 saturated carbocycles. The van der Waals surface area contributed by atoms with E-state index in [9.17, 15) is 0 Å². The average Bonchev–Trinajstić information content (AvgIpc) is 2.61. The Bertz CT molecular complexity index is 429. The van der Waals surface area contributed by atoms with Gasteiger partial charge in [0.05, 0.1) is 0 Å². The van der Waals surface area contributed by atoms with Gasteiger partial charge in [0, 0.05) is 47.0 Å². The fourth-order valence-electron chi connectivity index (χ4n) is 2.39. The van der Waals surface area contributed by atoms with Crippen molar-refractivity contribution in [2.75, 3.05) is 41.0 Å². The molecule has 0 aliphatic heterocycles. The maximum Gasteiger partial charge on any atom is 0.500 e. The van der Waals surface area contributed by atoms with Crippen LogP contribution in [0.25, 0.3) is 0 Å². The predicted molar refractivity (Wildman–Crippen MR) is 115 cm³/mol. The lowest BCUT2D eigenvalue weighted by atomic mass is 10.2. The summed E-state index contributed by atoms with van der Waals surface area (Å²) in [7, 11) is 2.53. The zero-order valence-corrected chi connectivity index (χ0v) is 16.8. The highest BCUT2D eigenvalue weighted by atomic mass is 35.5. The lowest BCUT2D eigenvalue weighted by molar-refractivity contribution is 0.123. The van der Waals surface area contributed by atoms with Crippen molar-refractivity contribution in [3.05, 3.63) is 48.7 Å². The van der Waals surface area contributed by atoms with E-state index in [1.54, 1.807) is 21.3 Å². The molecule has 0 aliphatic carbocycles. The van der Waals surface area contributed by atoms with Crippen molar-refractivity contribution in [3.8, 4) is 0 Å². The molecular formula is C17H35ClN2O3Si2. The highest BCUT2D eigenvalue weighted by Gasteiger charge is 2.36. The van der Waals surface area contributed by atoms with Crippen molar-refractivity contribution >= 4 is 32.2 Å². The van der Waals surface area contributed by atoms with Gasteiger partial charge in [-0.2, -0.15) is 0 Å². The number of halogens is 1. The summed E-state index contributed by atoms with van der Waals surface area (Å²) >= 11 is 0. The summed E-state index contributed by atoms with van der Waals surface area (Å²) in [6, 6.07) is 11.2. The minimum Gasteiger partial charge on any atom is -0.377 e. The Balaban J connectivity index is 0.